The first-order chi connectivity index (χ1) is 18.0. The van der Waals surface area contributed by atoms with Gasteiger partial charge in [-0.15, -0.1) is 0 Å². The van der Waals surface area contributed by atoms with Gasteiger partial charge in [-0.3, -0.25) is 0 Å². The molecule has 5 N–H and O–H groups in total. The standard InChI is InChI=1S/C25H26N4O2.C2HF3O2/c1-16-7-9-17(10-8-16)15-31-23-6-2-5-22(30)24(23)21-12-19(18-4-3-11-28-14-18)20(13-26)25(27)29-21;3-2(4,5)1(6)7/h2,5-10,12,18,28,30H,3-4,11,14-15H2,1H3,(H2,27,29);(H,6,7). The van der Waals surface area contributed by atoms with Crippen molar-refractivity contribution in [2.24, 2.45) is 0 Å². The van der Waals surface area contributed by atoms with Gasteiger partial charge in [-0.1, -0.05) is 35.9 Å². The number of halogens is 3. The van der Waals surface area contributed by atoms with Crippen LogP contribution in [0.1, 0.15) is 41.0 Å². The molecule has 3 aromatic rings. The normalized spacial score (nSPS) is 15.1. The number of benzene rings is 2. The first kappa shape index (κ1) is 28.3. The van der Waals surface area contributed by atoms with Gasteiger partial charge >= 0.3 is 12.1 Å². The van der Waals surface area contributed by atoms with E-state index in [1.165, 1.54) is 5.56 Å². The number of nitriles is 1. The molecule has 1 aromatic heterocycles. The molecule has 1 fully saturated rings. The predicted octanol–water partition coefficient (Wildman–Crippen LogP) is 4.90. The summed E-state index contributed by atoms with van der Waals surface area (Å²) in [6.45, 7) is 4.16. The number of nitrogens with two attached hydrogens (primary N) is 1. The number of aromatic nitrogens is 1. The molecule has 8 nitrogen and oxygen atoms in total. The number of pyridine rings is 1. The van der Waals surface area contributed by atoms with Gasteiger partial charge < -0.3 is 26.0 Å². The Balaban J connectivity index is 0.000000505. The van der Waals surface area contributed by atoms with E-state index in [4.69, 9.17) is 20.4 Å². The maximum atomic E-state index is 10.7. The Kier molecular flexibility index (Phi) is 9.15. The Morgan fingerprint density at radius 2 is 1.95 bits per heavy atom. The SMILES string of the molecule is Cc1ccc(COc2cccc(O)c2-c2cc(C3CCCNC3)c(C#N)c(N)n2)cc1.O=C(O)C(F)(F)F. The average molecular weight is 529 g/mol. The summed E-state index contributed by atoms with van der Waals surface area (Å²) in [6, 6.07) is 17.3. The number of piperidine rings is 1. The average Bonchev–Trinajstić information content (AvgIpc) is 2.88. The summed E-state index contributed by atoms with van der Waals surface area (Å²) in [5, 5.41) is 30.8. The van der Waals surface area contributed by atoms with Crippen LogP contribution in [0.25, 0.3) is 11.3 Å². The number of aliphatic carboxylic acids is 1. The highest BCUT2D eigenvalue weighted by molar-refractivity contribution is 5.76. The number of phenols is 1. The molecule has 1 aliphatic rings. The van der Waals surface area contributed by atoms with Crippen LogP contribution in [0.4, 0.5) is 19.0 Å². The molecule has 4 rings (SSSR count). The van der Waals surface area contributed by atoms with Gasteiger partial charge in [0.1, 0.15) is 30.0 Å². The number of carboxylic acid groups (broad SMARTS) is 1. The number of nitrogens with zero attached hydrogens (tertiary/aromatic N) is 2. The summed E-state index contributed by atoms with van der Waals surface area (Å²) in [7, 11) is 0. The molecular formula is C27H27F3N4O4. The summed E-state index contributed by atoms with van der Waals surface area (Å²) in [6.07, 6.45) is -3.07. The van der Waals surface area contributed by atoms with Crippen LogP contribution in [0.15, 0.2) is 48.5 Å². The van der Waals surface area contributed by atoms with Gasteiger partial charge in [0.05, 0.1) is 16.8 Å². The van der Waals surface area contributed by atoms with Crippen LogP contribution in [-0.2, 0) is 11.4 Å². The number of anilines is 1. The van der Waals surface area contributed by atoms with Crippen LogP contribution in [0.2, 0.25) is 0 Å². The van der Waals surface area contributed by atoms with E-state index in [1.807, 2.05) is 37.3 Å². The summed E-state index contributed by atoms with van der Waals surface area (Å²) in [5.74, 6) is -1.83. The second kappa shape index (κ2) is 12.3. The van der Waals surface area contributed by atoms with E-state index in [0.717, 1.165) is 37.1 Å². The molecule has 38 heavy (non-hydrogen) atoms. The van der Waals surface area contributed by atoms with Crippen molar-refractivity contribution in [3.05, 3.63) is 70.8 Å². The van der Waals surface area contributed by atoms with Crippen LogP contribution < -0.4 is 15.8 Å². The zero-order valence-electron chi connectivity index (χ0n) is 20.5. The lowest BCUT2D eigenvalue weighted by Crippen LogP contribution is -2.29. The molecule has 1 unspecified atom stereocenters. The molecule has 1 atom stereocenters. The summed E-state index contributed by atoms with van der Waals surface area (Å²) in [4.78, 5) is 13.3. The van der Waals surface area contributed by atoms with Crippen molar-refractivity contribution in [2.45, 2.75) is 38.5 Å². The first-order valence-corrected chi connectivity index (χ1v) is 11.7. The van der Waals surface area contributed by atoms with E-state index in [0.29, 0.717) is 29.2 Å². The Labute approximate surface area is 217 Å². The molecular weight excluding hydrogens is 501 g/mol. The molecule has 0 spiro atoms. The highest BCUT2D eigenvalue weighted by Gasteiger charge is 2.38. The number of carboxylic acids is 1. The van der Waals surface area contributed by atoms with Crippen molar-refractivity contribution in [3.63, 3.8) is 0 Å². The number of ether oxygens (including phenoxy) is 1. The highest BCUT2D eigenvalue weighted by atomic mass is 19.4. The predicted molar refractivity (Wildman–Crippen MR) is 135 cm³/mol. The number of hydrogen-bond acceptors (Lipinski definition) is 7. The Morgan fingerprint density at radius 1 is 1.26 bits per heavy atom. The van der Waals surface area contributed by atoms with E-state index in [1.54, 1.807) is 18.2 Å². The maximum Gasteiger partial charge on any atom is 0.490 e. The fraction of sp³-hybridized carbons (Fsp3) is 0.296. The number of hydrogen-bond donors (Lipinski definition) is 4. The van der Waals surface area contributed by atoms with Gasteiger partial charge in [-0.25, -0.2) is 9.78 Å². The lowest BCUT2D eigenvalue weighted by molar-refractivity contribution is -0.192. The molecule has 0 saturated carbocycles. The lowest BCUT2D eigenvalue weighted by atomic mass is 9.88. The molecule has 11 heteroatoms. The van der Waals surface area contributed by atoms with Crippen molar-refractivity contribution in [1.29, 1.82) is 5.26 Å². The maximum absolute atomic E-state index is 10.7. The molecule has 2 heterocycles. The third-order valence-corrected chi connectivity index (χ3v) is 5.94. The quantitative estimate of drug-likeness (QED) is 0.367. The fourth-order valence-electron chi connectivity index (χ4n) is 4.02. The van der Waals surface area contributed by atoms with Crippen molar-refractivity contribution in [2.75, 3.05) is 18.8 Å². The minimum Gasteiger partial charge on any atom is -0.507 e. The number of rotatable bonds is 5. The Bertz CT molecular complexity index is 1320. The minimum absolute atomic E-state index is 0.0609. The minimum atomic E-state index is -5.08. The third-order valence-electron chi connectivity index (χ3n) is 5.94. The highest BCUT2D eigenvalue weighted by Crippen LogP contribution is 2.40. The van der Waals surface area contributed by atoms with Crippen LogP contribution in [0.3, 0.4) is 0 Å². The summed E-state index contributed by atoms with van der Waals surface area (Å²) < 4.78 is 37.8. The number of phenolic OH excluding ortho intramolecular Hbond substituents is 1. The number of nitrogens with one attached hydrogen (secondary N) is 1. The van der Waals surface area contributed by atoms with E-state index < -0.39 is 12.1 Å². The Hall–Kier alpha value is -4.30. The van der Waals surface area contributed by atoms with Gasteiger partial charge in [0.25, 0.3) is 0 Å². The van der Waals surface area contributed by atoms with E-state index in [2.05, 4.69) is 16.4 Å². The van der Waals surface area contributed by atoms with Crippen LogP contribution in [0.5, 0.6) is 11.5 Å². The van der Waals surface area contributed by atoms with E-state index in [-0.39, 0.29) is 17.5 Å². The molecule has 2 aromatic carbocycles. The first-order valence-electron chi connectivity index (χ1n) is 11.7. The fourth-order valence-corrected chi connectivity index (χ4v) is 4.02. The molecule has 200 valence electrons. The number of alkyl halides is 3. The zero-order valence-corrected chi connectivity index (χ0v) is 20.5. The molecule has 0 radical (unpaired) electrons. The van der Waals surface area contributed by atoms with Crippen molar-refractivity contribution in [1.82, 2.24) is 10.3 Å². The lowest BCUT2D eigenvalue weighted by Gasteiger charge is -2.25. The topological polar surface area (TPSA) is 141 Å². The van der Waals surface area contributed by atoms with Crippen LogP contribution in [-0.4, -0.2) is 40.4 Å². The monoisotopic (exact) mass is 528 g/mol. The van der Waals surface area contributed by atoms with Crippen molar-refractivity contribution in [3.8, 4) is 28.8 Å². The number of carbonyl (C=O) groups is 1. The van der Waals surface area contributed by atoms with Gasteiger partial charge in [-0.2, -0.15) is 18.4 Å². The van der Waals surface area contributed by atoms with Gasteiger partial charge in [0.2, 0.25) is 0 Å². The van der Waals surface area contributed by atoms with Crippen molar-refractivity contribution >= 4 is 11.8 Å². The van der Waals surface area contributed by atoms with Gasteiger partial charge in [0, 0.05) is 6.54 Å². The smallest absolute Gasteiger partial charge is 0.490 e. The Morgan fingerprint density at radius 3 is 2.53 bits per heavy atom. The number of aromatic hydroxyl groups is 1. The van der Waals surface area contributed by atoms with Gasteiger partial charge in [0.15, 0.2) is 0 Å². The molecule has 1 saturated heterocycles. The number of aryl methyl sites for hydroxylation is 1. The number of nitrogen functional groups attached to an aromatic ring is 1. The second-order valence-electron chi connectivity index (χ2n) is 8.74. The molecule has 0 bridgehead atoms. The zero-order chi connectivity index (χ0) is 27.9. The van der Waals surface area contributed by atoms with Gasteiger partial charge in [-0.05, 0) is 61.6 Å². The van der Waals surface area contributed by atoms with E-state index in [9.17, 15) is 23.5 Å². The summed E-state index contributed by atoms with van der Waals surface area (Å²) in [5.41, 5.74) is 10.7. The van der Waals surface area contributed by atoms with Crippen LogP contribution in [0, 0.1) is 18.3 Å². The third kappa shape index (κ3) is 7.14. The second-order valence-corrected chi connectivity index (χ2v) is 8.74. The van der Waals surface area contributed by atoms with Crippen LogP contribution >= 0.6 is 0 Å². The molecule has 0 aliphatic carbocycles. The molecule has 0 amide bonds. The molecule has 1 aliphatic heterocycles. The largest absolute Gasteiger partial charge is 0.507 e. The summed E-state index contributed by atoms with van der Waals surface area (Å²) >= 11 is 0. The van der Waals surface area contributed by atoms with E-state index >= 15 is 0 Å². The van der Waals surface area contributed by atoms with Crippen molar-refractivity contribution < 1.29 is 32.9 Å².